The van der Waals surface area contributed by atoms with Crippen molar-refractivity contribution in [1.29, 1.82) is 0 Å². The summed E-state index contributed by atoms with van der Waals surface area (Å²) in [4.78, 5) is 10.9. The molecule has 1 aromatic heterocycles. The van der Waals surface area contributed by atoms with Crippen LogP contribution in [0.3, 0.4) is 0 Å². The molecule has 1 aliphatic rings. The van der Waals surface area contributed by atoms with E-state index in [0.717, 1.165) is 23.4 Å². The summed E-state index contributed by atoms with van der Waals surface area (Å²) in [5, 5.41) is 5.11. The monoisotopic (exact) mass is 243 g/mol. The predicted octanol–water partition coefficient (Wildman–Crippen LogP) is 2.06. The molecule has 0 bridgehead atoms. The van der Waals surface area contributed by atoms with E-state index in [2.05, 4.69) is 5.16 Å². The van der Waals surface area contributed by atoms with Gasteiger partial charge in [-0.25, -0.2) is 10.9 Å². The van der Waals surface area contributed by atoms with Gasteiger partial charge in [0.15, 0.2) is 5.76 Å². The van der Waals surface area contributed by atoms with Crippen molar-refractivity contribution in [2.75, 3.05) is 5.01 Å². The van der Waals surface area contributed by atoms with E-state index in [9.17, 15) is 4.79 Å². The van der Waals surface area contributed by atoms with Crippen molar-refractivity contribution >= 4 is 12.1 Å². The van der Waals surface area contributed by atoms with Crippen molar-refractivity contribution < 1.29 is 9.32 Å². The molecule has 0 spiro atoms. The van der Waals surface area contributed by atoms with Gasteiger partial charge in [0, 0.05) is 11.5 Å². The number of benzene rings is 1. The lowest BCUT2D eigenvalue weighted by Gasteiger charge is -2.10. The number of hydrogen-bond acceptors (Lipinski definition) is 4. The molecule has 1 fully saturated rings. The zero-order valence-electron chi connectivity index (χ0n) is 9.74. The highest BCUT2D eigenvalue weighted by Crippen LogP contribution is 2.46. The number of aromatic nitrogens is 1. The highest BCUT2D eigenvalue weighted by molar-refractivity contribution is 5.85. The minimum absolute atomic E-state index is 0.343. The van der Waals surface area contributed by atoms with Gasteiger partial charge in [0.05, 0.1) is 0 Å². The third-order valence-electron chi connectivity index (χ3n) is 3.06. The number of nitrogens with zero attached hydrogens (tertiary/aromatic N) is 2. The maximum atomic E-state index is 10.9. The minimum atomic E-state index is 0.343. The normalized spacial score (nSPS) is 14.5. The van der Waals surface area contributed by atoms with Crippen LogP contribution in [0.4, 0.5) is 5.69 Å². The quantitative estimate of drug-likeness (QED) is 0.386. The maximum absolute atomic E-state index is 10.9. The zero-order valence-corrected chi connectivity index (χ0v) is 9.74. The Morgan fingerprint density at radius 1 is 1.33 bits per heavy atom. The van der Waals surface area contributed by atoms with Crippen LogP contribution < -0.4 is 10.9 Å². The Balaban J connectivity index is 2.11. The predicted molar refractivity (Wildman–Crippen MR) is 66.6 cm³/mol. The third-order valence-corrected chi connectivity index (χ3v) is 3.06. The van der Waals surface area contributed by atoms with Gasteiger partial charge in [0.2, 0.25) is 6.41 Å². The van der Waals surface area contributed by atoms with Crippen LogP contribution in [0.1, 0.15) is 24.5 Å². The number of anilines is 1. The number of carbonyl (C=O) groups is 1. The Bertz CT molecular complexity index is 561. The Kier molecular flexibility index (Phi) is 2.60. The molecule has 1 aliphatic carbocycles. The van der Waals surface area contributed by atoms with Crippen molar-refractivity contribution in [3.63, 3.8) is 0 Å². The van der Waals surface area contributed by atoms with Crippen molar-refractivity contribution in [2.45, 2.75) is 18.8 Å². The number of nitrogens with two attached hydrogens (primary N) is 1. The minimum Gasteiger partial charge on any atom is -0.358 e. The smallest absolute Gasteiger partial charge is 0.228 e. The molecule has 1 aromatic carbocycles. The first-order chi connectivity index (χ1) is 8.81. The highest BCUT2D eigenvalue weighted by atomic mass is 16.5. The highest BCUT2D eigenvalue weighted by Gasteiger charge is 2.34. The number of hydrogen-bond donors (Lipinski definition) is 1. The molecule has 1 heterocycles. The largest absolute Gasteiger partial charge is 0.358 e. The van der Waals surface area contributed by atoms with E-state index in [4.69, 9.17) is 10.4 Å². The summed E-state index contributed by atoms with van der Waals surface area (Å²) in [6, 6.07) is 9.57. The third kappa shape index (κ3) is 1.78. The molecule has 2 aromatic rings. The summed E-state index contributed by atoms with van der Waals surface area (Å²) in [6.45, 7) is 0. The molecular formula is C13H13N3O2. The summed E-state index contributed by atoms with van der Waals surface area (Å²) < 4.78 is 5.37. The molecule has 18 heavy (non-hydrogen) atoms. The second-order valence-electron chi connectivity index (χ2n) is 4.40. The van der Waals surface area contributed by atoms with Crippen molar-refractivity contribution in [2.24, 2.45) is 5.84 Å². The molecule has 0 atom stereocenters. The Hall–Kier alpha value is -2.14. The molecule has 0 unspecified atom stereocenters. The number of hydrazine groups is 1. The van der Waals surface area contributed by atoms with Gasteiger partial charge in [-0.2, -0.15) is 0 Å². The second kappa shape index (κ2) is 4.27. The average molecular weight is 243 g/mol. The van der Waals surface area contributed by atoms with Gasteiger partial charge in [-0.1, -0.05) is 35.5 Å². The SMILES string of the molecule is NN(C=O)c1c(-c2ccccc2)noc1C1CC1. The lowest BCUT2D eigenvalue weighted by atomic mass is 10.1. The van der Waals surface area contributed by atoms with Crippen LogP contribution in [0.5, 0.6) is 0 Å². The molecular weight excluding hydrogens is 230 g/mol. The van der Waals surface area contributed by atoms with E-state index in [1.807, 2.05) is 30.3 Å². The lowest BCUT2D eigenvalue weighted by molar-refractivity contribution is -0.107. The first-order valence-corrected chi connectivity index (χ1v) is 5.85. The molecule has 5 nitrogen and oxygen atoms in total. The summed E-state index contributed by atoms with van der Waals surface area (Å²) in [5.41, 5.74) is 2.09. The van der Waals surface area contributed by atoms with Crippen molar-refractivity contribution in [1.82, 2.24) is 5.16 Å². The van der Waals surface area contributed by atoms with Crippen LogP contribution in [0.25, 0.3) is 11.3 Å². The van der Waals surface area contributed by atoms with E-state index in [1.165, 1.54) is 0 Å². The fraction of sp³-hybridized carbons (Fsp3) is 0.231. The number of rotatable bonds is 4. The molecule has 0 radical (unpaired) electrons. The summed E-state index contributed by atoms with van der Waals surface area (Å²) in [5.74, 6) is 6.76. The van der Waals surface area contributed by atoms with Gasteiger partial charge in [0.1, 0.15) is 11.4 Å². The van der Waals surface area contributed by atoms with E-state index >= 15 is 0 Å². The van der Waals surface area contributed by atoms with Crippen LogP contribution in [0.2, 0.25) is 0 Å². The number of carbonyl (C=O) groups excluding carboxylic acids is 1. The van der Waals surface area contributed by atoms with E-state index in [0.29, 0.717) is 29.5 Å². The summed E-state index contributed by atoms with van der Waals surface area (Å²) in [7, 11) is 0. The average Bonchev–Trinajstić information content (AvgIpc) is 3.17. The molecule has 5 heteroatoms. The molecule has 3 rings (SSSR count). The van der Waals surface area contributed by atoms with Crippen LogP contribution in [-0.2, 0) is 4.79 Å². The molecule has 92 valence electrons. The molecule has 1 saturated carbocycles. The van der Waals surface area contributed by atoms with Crippen molar-refractivity contribution in [3.8, 4) is 11.3 Å². The second-order valence-corrected chi connectivity index (χ2v) is 4.40. The summed E-state index contributed by atoms with van der Waals surface area (Å²) >= 11 is 0. The molecule has 0 aliphatic heterocycles. The topological polar surface area (TPSA) is 72.4 Å². The van der Waals surface area contributed by atoms with E-state index in [-0.39, 0.29) is 0 Å². The zero-order chi connectivity index (χ0) is 12.5. The molecule has 0 saturated heterocycles. The van der Waals surface area contributed by atoms with Gasteiger partial charge in [-0.05, 0) is 12.8 Å². The van der Waals surface area contributed by atoms with Crippen LogP contribution in [-0.4, -0.2) is 11.6 Å². The Labute approximate surface area is 104 Å². The van der Waals surface area contributed by atoms with Gasteiger partial charge in [0.25, 0.3) is 0 Å². The van der Waals surface area contributed by atoms with Gasteiger partial charge < -0.3 is 4.52 Å². The van der Waals surface area contributed by atoms with E-state index < -0.39 is 0 Å². The standard InChI is InChI=1S/C13H13N3O2/c14-16(8-17)12-11(9-4-2-1-3-5-9)15-18-13(12)10-6-7-10/h1-5,8,10H,6-7,14H2. The van der Waals surface area contributed by atoms with Crippen LogP contribution in [0, 0.1) is 0 Å². The van der Waals surface area contributed by atoms with Crippen LogP contribution >= 0.6 is 0 Å². The summed E-state index contributed by atoms with van der Waals surface area (Å²) in [6.07, 6.45) is 2.69. The van der Waals surface area contributed by atoms with Gasteiger partial charge >= 0.3 is 0 Å². The maximum Gasteiger partial charge on any atom is 0.228 e. The van der Waals surface area contributed by atoms with Gasteiger partial charge in [-0.15, -0.1) is 0 Å². The fourth-order valence-corrected chi connectivity index (χ4v) is 2.00. The Morgan fingerprint density at radius 2 is 2.06 bits per heavy atom. The fourth-order valence-electron chi connectivity index (χ4n) is 2.00. The molecule has 1 amide bonds. The Morgan fingerprint density at radius 3 is 2.67 bits per heavy atom. The van der Waals surface area contributed by atoms with Crippen molar-refractivity contribution in [3.05, 3.63) is 36.1 Å². The first-order valence-electron chi connectivity index (χ1n) is 5.85. The first kappa shape index (κ1) is 11.0. The van der Waals surface area contributed by atoms with Gasteiger partial charge in [-0.3, -0.25) is 4.79 Å². The lowest BCUT2D eigenvalue weighted by Crippen LogP contribution is -2.29. The van der Waals surface area contributed by atoms with E-state index in [1.54, 1.807) is 0 Å². The molecule has 2 N–H and O–H groups in total. The number of amides is 1. The van der Waals surface area contributed by atoms with Crippen LogP contribution in [0.15, 0.2) is 34.9 Å².